The number of piperidine rings is 1. The van der Waals surface area contributed by atoms with Gasteiger partial charge in [0.25, 0.3) is 5.91 Å². The summed E-state index contributed by atoms with van der Waals surface area (Å²) >= 11 is 0. The average Bonchev–Trinajstić information content (AvgIpc) is 2.28. The first-order valence-corrected chi connectivity index (χ1v) is 5.85. The third-order valence-corrected chi connectivity index (χ3v) is 3.12. The quantitative estimate of drug-likeness (QED) is 0.771. The van der Waals surface area contributed by atoms with E-state index < -0.39 is 6.10 Å². The molecule has 1 saturated heterocycles. The number of likely N-dealkylation sites (tertiary alicyclic amines) is 1. The number of rotatable bonds is 1. The SMILES string of the molecule is Cc1cc(O)ccc1C(=O)N1CCCC(O)C1. The van der Waals surface area contributed by atoms with E-state index in [2.05, 4.69) is 0 Å². The Kier molecular flexibility index (Phi) is 3.33. The molecule has 1 aliphatic rings. The number of benzene rings is 1. The minimum absolute atomic E-state index is 0.0683. The molecule has 0 radical (unpaired) electrons. The van der Waals surface area contributed by atoms with E-state index in [4.69, 9.17) is 0 Å². The number of β-amino-alcohol motifs (C(OH)–C–C–N with tert-alkyl or cyclic N) is 1. The molecule has 92 valence electrons. The first-order chi connectivity index (χ1) is 8.08. The normalized spacial score (nSPS) is 20.4. The van der Waals surface area contributed by atoms with Gasteiger partial charge in [-0.25, -0.2) is 0 Å². The van der Waals surface area contributed by atoms with E-state index in [1.54, 1.807) is 24.0 Å². The van der Waals surface area contributed by atoms with Crippen molar-refractivity contribution in [3.63, 3.8) is 0 Å². The first kappa shape index (κ1) is 11.9. The maximum Gasteiger partial charge on any atom is 0.254 e. The predicted octanol–water partition coefficient (Wildman–Crippen LogP) is 1.30. The lowest BCUT2D eigenvalue weighted by Gasteiger charge is -2.30. The van der Waals surface area contributed by atoms with Crippen LogP contribution >= 0.6 is 0 Å². The van der Waals surface area contributed by atoms with Crippen LogP contribution in [0.15, 0.2) is 18.2 Å². The number of aryl methyl sites for hydroxylation is 1. The number of carbonyl (C=O) groups is 1. The van der Waals surface area contributed by atoms with Crippen LogP contribution in [0.5, 0.6) is 5.75 Å². The topological polar surface area (TPSA) is 60.8 Å². The monoisotopic (exact) mass is 235 g/mol. The summed E-state index contributed by atoms with van der Waals surface area (Å²) in [6.45, 7) is 2.89. The minimum Gasteiger partial charge on any atom is -0.508 e. The van der Waals surface area contributed by atoms with Crippen molar-refractivity contribution >= 4 is 5.91 Å². The standard InChI is InChI=1S/C13H17NO3/c1-9-7-10(15)4-5-12(9)13(17)14-6-2-3-11(16)8-14/h4-5,7,11,15-16H,2-3,6,8H2,1H3. The third kappa shape index (κ3) is 2.58. The summed E-state index contributed by atoms with van der Waals surface area (Å²) in [5.41, 5.74) is 1.35. The Morgan fingerprint density at radius 2 is 2.24 bits per heavy atom. The van der Waals surface area contributed by atoms with Crippen LogP contribution in [-0.4, -0.2) is 40.2 Å². The molecule has 1 amide bonds. The molecular weight excluding hydrogens is 218 g/mol. The fourth-order valence-corrected chi connectivity index (χ4v) is 2.20. The van der Waals surface area contributed by atoms with Gasteiger partial charge >= 0.3 is 0 Å². The molecule has 1 heterocycles. The minimum atomic E-state index is -0.412. The second-order valence-corrected chi connectivity index (χ2v) is 4.55. The fraction of sp³-hybridized carbons (Fsp3) is 0.462. The van der Waals surface area contributed by atoms with Gasteiger partial charge in [-0.2, -0.15) is 0 Å². The highest BCUT2D eigenvalue weighted by Crippen LogP contribution is 2.19. The maximum atomic E-state index is 12.2. The van der Waals surface area contributed by atoms with Gasteiger partial charge in [-0.05, 0) is 43.5 Å². The van der Waals surface area contributed by atoms with Crippen LogP contribution in [0.3, 0.4) is 0 Å². The van der Waals surface area contributed by atoms with Gasteiger partial charge in [-0.1, -0.05) is 0 Å². The number of aromatic hydroxyl groups is 1. The van der Waals surface area contributed by atoms with Gasteiger partial charge in [0.05, 0.1) is 6.10 Å². The Bertz CT molecular complexity index is 431. The number of phenolic OH excluding ortho intramolecular Hbond substituents is 1. The molecule has 1 atom stereocenters. The number of carbonyl (C=O) groups excluding carboxylic acids is 1. The van der Waals surface area contributed by atoms with Gasteiger partial charge < -0.3 is 15.1 Å². The van der Waals surface area contributed by atoms with Crippen LogP contribution in [-0.2, 0) is 0 Å². The van der Waals surface area contributed by atoms with E-state index in [-0.39, 0.29) is 11.7 Å². The van der Waals surface area contributed by atoms with Crippen molar-refractivity contribution in [1.82, 2.24) is 4.90 Å². The number of nitrogens with zero attached hydrogens (tertiary/aromatic N) is 1. The van der Waals surface area contributed by atoms with E-state index in [9.17, 15) is 15.0 Å². The van der Waals surface area contributed by atoms with E-state index in [1.807, 2.05) is 0 Å². The third-order valence-electron chi connectivity index (χ3n) is 3.12. The van der Waals surface area contributed by atoms with Gasteiger partial charge in [0.15, 0.2) is 0 Å². The molecule has 0 bridgehead atoms. The molecule has 1 aromatic rings. The Hall–Kier alpha value is -1.55. The Morgan fingerprint density at radius 3 is 2.88 bits per heavy atom. The predicted molar refractivity (Wildman–Crippen MR) is 64.0 cm³/mol. The van der Waals surface area contributed by atoms with Gasteiger partial charge in [0, 0.05) is 18.7 Å². The molecule has 2 rings (SSSR count). The van der Waals surface area contributed by atoms with Crippen molar-refractivity contribution in [3.05, 3.63) is 29.3 Å². The van der Waals surface area contributed by atoms with E-state index in [0.29, 0.717) is 18.7 Å². The van der Waals surface area contributed by atoms with Gasteiger partial charge in [-0.3, -0.25) is 4.79 Å². The summed E-state index contributed by atoms with van der Waals surface area (Å²) in [7, 11) is 0. The molecule has 0 aromatic heterocycles. The van der Waals surface area contributed by atoms with E-state index in [1.165, 1.54) is 6.07 Å². The summed E-state index contributed by atoms with van der Waals surface area (Å²) in [5.74, 6) is 0.0963. The Morgan fingerprint density at radius 1 is 1.47 bits per heavy atom. The van der Waals surface area contributed by atoms with Crippen molar-refractivity contribution in [3.8, 4) is 5.75 Å². The highest BCUT2D eigenvalue weighted by atomic mass is 16.3. The molecule has 4 heteroatoms. The molecule has 4 nitrogen and oxygen atoms in total. The highest BCUT2D eigenvalue weighted by molar-refractivity contribution is 5.95. The Labute approximate surface area is 100 Å². The molecule has 1 aliphatic heterocycles. The molecule has 1 unspecified atom stereocenters. The zero-order valence-corrected chi connectivity index (χ0v) is 9.89. The average molecular weight is 235 g/mol. The van der Waals surface area contributed by atoms with Gasteiger partial charge in [-0.15, -0.1) is 0 Å². The second-order valence-electron chi connectivity index (χ2n) is 4.55. The van der Waals surface area contributed by atoms with Crippen LogP contribution in [0.2, 0.25) is 0 Å². The number of hydrogen-bond acceptors (Lipinski definition) is 3. The highest BCUT2D eigenvalue weighted by Gasteiger charge is 2.23. The number of amides is 1. The zero-order valence-electron chi connectivity index (χ0n) is 9.89. The Balaban J connectivity index is 2.18. The molecule has 1 aromatic carbocycles. The summed E-state index contributed by atoms with van der Waals surface area (Å²) in [6, 6.07) is 4.72. The van der Waals surface area contributed by atoms with Crippen LogP contribution in [0.1, 0.15) is 28.8 Å². The van der Waals surface area contributed by atoms with Crippen LogP contribution < -0.4 is 0 Å². The van der Waals surface area contributed by atoms with E-state index in [0.717, 1.165) is 18.4 Å². The maximum absolute atomic E-state index is 12.2. The second kappa shape index (κ2) is 4.75. The summed E-state index contributed by atoms with van der Waals surface area (Å²) in [4.78, 5) is 13.9. The number of hydrogen-bond donors (Lipinski definition) is 2. The summed E-state index contributed by atoms with van der Waals surface area (Å²) in [5, 5.41) is 18.9. The molecule has 0 spiro atoms. The molecule has 0 aliphatic carbocycles. The summed E-state index contributed by atoms with van der Waals surface area (Å²) in [6.07, 6.45) is 1.19. The zero-order chi connectivity index (χ0) is 12.4. The van der Waals surface area contributed by atoms with Crippen molar-refractivity contribution in [2.45, 2.75) is 25.9 Å². The van der Waals surface area contributed by atoms with Gasteiger partial charge in [0.2, 0.25) is 0 Å². The largest absolute Gasteiger partial charge is 0.508 e. The molecule has 2 N–H and O–H groups in total. The molecule has 17 heavy (non-hydrogen) atoms. The lowest BCUT2D eigenvalue weighted by atomic mass is 10.0. The van der Waals surface area contributed by atoms with Crippen LogP contribution in [0.4, 0.5) is 0 Å². The molecule has 0 saturated carbocycles. The molecular formula is C13H17NO3. The molecule has 1 fully saturated rings. The lowest BCUT2D eigenvalue weighted by Crippen LogP contribution is -2.42. The van der Waals surface area contributed by atoms with Crippen molar-refractivity contribution in [2.24, 2.45) is 0 Å². The first-order valence-electron chi connectivity index (χ1n) is 5.85. The lowest BCUT2D eigenvalue weighted by molar-refractivity contribution is 0.0473. The number of aliphatic hydroxyl groups is 1. The smallest absolute Gasteiger partial charge is 0.254 e. The van der Waals surface area contributed by atoms with Crippen molar-refractivity contribution in [1.29, 1.82) is 0 Å². The van der Waals surface area contributed by atoms with Gasteiger partial charge in [0.1, 0.15) is 5.75 Å². The van der Waals surface area contributed by atoms with Crippen LogP contribution in [0, 0.1) is 6.92 Å². The number of phenols is 1. The fourth-order valence-electron chi connectivity index (χ4n) is 2.20. The number of aliphatic hydroxyl groups excluding tert-OH is 1. The van der Waals surface area contributed by atoms with Crippen molar-refractivity contribution in [2.75, 3.05) is 13.1 Å². The summed E-state index contributed by atoms with van der Waals surface area (Å²) < 4.78 is 0. The van der Waals surface area contributed by atoms with E-state index >= 15 is 0 Å². The van der Waals surface area contributed by atoms with Crippen LogP contribution in [0.25, 0.3) is 0 Å². The van der Waals surface area contributed by atoms with Crippen molar-refractivity contribution < 1.29 is 15.0 Å².